The minimum Gasteiger partial charge on any atom is -0.384 e. The zero-order valence-electron chi connectivity index (χ0n) is 9.72. The third kappa shape index (κ3) is 2.89. The average molecular weight is 233 g/mol. The molecule has 0 aliphatic carbocycles. The van der Waals surface area contributed by atoms with E-state index in [0.717, 1.165) is 11.1 Å². The first-order valence-electron chi connectivity index (χ1n) is 5.44. The largest absolute Gasteiger partial charge is 0.384 e. The summed E-state index contributed by atoms with van der Waals surface area (Å²) in [5.74, 6) is 1.18. The lowest BCUT2D eigenvalue weighted by molar-refractivity contribution is 0.199. The van der Waals surface area contributed by atoms with Gasteiger partial charge in [-0.3, -0.25) is 0 Å². The van der Waals surface area contributed by atoms with Gasteiger partial charge < -0.3 is 15.0 Å². The summed E-state index contributed by atoms with van der Waals surface area (Å²) in [6, 6.07) is 7.76. The highest BCUT2D eigenvalue weighted by Crippen LogP contribution is 2.17. The predicted molar refractivity (Wildman–Crippen MR) is 63.2 cm³/mol. The molecule has 2 N–H and O–H groups in total. The minimum absolute atomic E-state index is 0.527. The number of nitrogens with zero attached hydrogens (tertiary/aromatic N) is 2. The summed E-state index contributed by atoms with van der Waals surface area (Å²) >= 11 is 0. The molecule has 5 nitrogen and oxygen atoms in total. The molecule has 2 rings (SSSR count). The molecule has 1 aromatic heterocycles. The highest BCUT2D eigenvalue weighted by molar-refractivity contribution is 5.53. The van der Waals surface area contributed by atoms with E-state index in [0.29, 0.717) is 31.3 Å². The highest BCUT2D eigenvalue weighted by Gasteiger charge is 2.08. The van der Waals surface area contributed by atoms with E-state index in [-0.39, 0.29) is 0 Å². The van der Waals surface area contributed by atoms with Crippen LogP contribution in [0.5, 0.6) is 0 Å². The lowest BCUT2D eigenvalue weighted by Gasteiger charge is -1.97. The standard InChI is InChI=1S/C12H15N3O2/c1-16-7-6-11-14-12(17-15-11)10-4-2-9(8-13)3-5-10/h2-5H,6-8,13H2,1H3. The number of hydrogen-bond acceptors (Lipinski definition) is 5. The molecule has 0 unspecified atom stereocenters. The van der Waals surface area contributed by atoms with Gasteiger partial charge in [0.1, 0.15) is 0 Å². The summed E-state index contributed by atoms with van der Waals surface area (Å²) in [6.07, 6.45) is 0.654. The molecule has 0 atom stereocenters. The summed E-state index contributed by atoms with van der Waals surface area (Å²) in [6.45, 7) is 1.12. The van der Waals surface area contributed by atoms with Crippen molar-refractivity contribution < 1.29 is 9.26 Å². The lowest BCUT2D eigenvalue weighted by atomic mass is 10.1. The van der Waals surface area contributed by atoms with Crippen molar-refractivity contribution >= 4 is 0 Å². The van der Waals surface area contributed by atoms with Crippen LogP contribution in [0.1, 0.15) is 11.4 Å². The Bertz CT molecular complexity index is 465. The number of benzene rings is 1. The van der Waals surface area contributed by atoms with Crippen LogP contribution in [0.4, 0.5) is 0 Å². The zero-order chi connectivity index (χ0) is 12.1. The van der Waals surface area contributed by atoms with Gasteiger partial charge in [-0.15, -0.1) is 0 Å². The van der Waals surface area contributed by atoms with Crippen LogP contribution >= 0.6 is 0 Å². The fourth-order valence-electron chi connectivity index (χ4n) is 1.45. The van der Waals surface area contributed by atoms with Gasteiger partial charge in [0.05, 0.1) is 6.61 Å². The Morgan fingerprint density at radius 3 is 2.71 bits per heavy atom. The second-order valence-electron chi connectivity index (χ2n) is 3.66. The second-order valence-corrected chi connectivity index (χ2v) is 3.66. The van der Waals surface area contributed by atoms with Gasteiger partial charge in [-0.25, -0.2) is 0 Å². The van der Waals surface area contributed by atoms with Crippen LogP contribution in [0, 0.1) is 0 Å². The molecular formula is C12H15N3O2. The van der Waals surface area contributed by atoms with Crippen LogP contribution in [0.2, 0.25) is 0 Å². The Labute approximate surface area is 99.6 Å². The van der Waals surface area contributed by atoms with Gasteiger partial charge in [0, 0.05) is 25.6 Å². The van der Waals surface area contributed by atoms with Crippen LogP contribution in [-0.2, 0) is 17.7 Å². The van der Waals surface area contributed by atoms with Gasteiger partial charge in [-0.2, -0.15) is 4.98 Å². The Balaban J connectivity index is 2.12. The molecule has 0 spiro atoms. The number of rotatable bonds is 5. The van der Waals surface area contributed by atoms with Gasteiger partial charge in [-0.05, 0) is 17.7 Å². The van der Waals surface area contributed by atoms with Gasteiger partial charge in [-0.1, -0.05) is 17.3 Å². The van der Waals surface area contributed by atoms with Crippen molar-refractivity contribution in [1.29, 1.82) is 0 Å². The monoisotopic (exact) mass is 233 g/mol. The quantitative estimate of drug-likeness (QED) is 0.844. The summed E-state index contributed by atoms with van der Waals surface area (Å²) in [5.41, 5.74) is 7.51. The second kappa shape index (κ2) is 5.56. The van der Waals surface area contributed by atoms with Crippen molar-refractivity contribution in [3.8, 4) is 11.5 Å². The predicted octanol–water partition coefficient (Wildman–Crippen LogP) is 1.38. The molecular weight excluding hydrogens is 218 g/mol. The maximum absolute atomic E-state index is 5.53. The van der Waals surface area contributed by atoms with Crippen molar-refractivity contribution in [3.05, 3.63) is 35.7 Å². The SMILES string of the molecule is COCCc1noc(-c2ccc(CN)cc2)n1. The van der Waals surface area contributed by atoms with E-state index < -0.39 is 0 Å². The summed E-state index contributed by atoms with van der Waals surface area (Å²) < 4.78 is 10.1. The van der Waals surface area contributed by atoms with E-state index in [2.05, 4.69) is 10.1 Å². The van der Waals surface area contributed by atoms with Crippen molar-refractivity contribution in [1.82, 2.24) is 10.1 Å². The number of ether oxygens (including phenoxy) is 1. The van der Waals surface area contributed by atoms with Crippen LogP contribution in [0.3, 0.4) is 0 Å². The van der Waals surface area contributed by atoms with Crippen molar-refractivity contribution in [2.45, 2.75) is 13.0 Å². The molecule has 0 bridgehead atoms. The smallest absolute Gasteiger partial charge is 0.257 e. The third-order valence-corrected chi connectivity index (χ3v) is 2.43. The van der Waals surface area contributed by atoms with Crippen molar-refractivity contribution in [3.63, 3.8) is 0 Å². The lowest BCUT2D eigenvalue weighted by Crippen LogP contribution is -1.96. The summed E-state index contributed by atoms with van der Waals surface area (Å²) in [5, 5.41) is 3.88. The number of methoxy groups -OCH3 is 1. The van der Waals surface area contributed by atoms with Crippen molar-refractivity contribution in [2.24, 2.45) is 5.73 Å². The molecule has 0 radical (unpaired) electrons. The number of nitrogens with two attached hydrogens (primary N) is 1. The first kappa shape index (κ1) is 11.8. The van der Waals surface area contributed by atoms with Crippen LogP contribution in [-0.4, -0.2) is 23.9 Å². The van der Waals surface area contributed by atoms with Gasteiger partial charge >= 0.3 is 0 Å². The minimum atomic E-state index is 0.527. The van der Waals surface area contributed by atoms with E-state index in [1.54, 1.807) is 7.11 Å². The first-order chi connectivity index (χ1) is 8.33. The normalized spacial score (nSPS) is 10.7. The molecule has 0 saturated heterocycles. The molecule has 1 aromatic carbocycles. The molecule has 0 amide bonds. The average Bonchev–Trinajstić information content (AvgIpc) is 2.85. The highest BCUT2D eigenvalue weighted by atomic mass is 16.5. The molecule has 2 aromatic rings. The summed E-state index contributed by atoms with van der Waals surface area (Å²) in [7, 11) is 1.65. The molecule has 17 heavy (non-hydrogen) atoms. The van der Waals surface area contributed by atoms with E-state index in [9.17, 15) is 0 Å². The third-order valence-electron chi connectivity index (χ3n) is 2.43. The first-order valence-corrected chi connectivity index (χ1v) is 5.44. The topological polar surface area (TPSA) is 74.2 Å². The fourth-order valence-corrected chi connectivity index (χ4v) is 1.45. The zero-order valence-corrected chi connectivity index (χ0v) is 9.72. The fraction of sp³-hybridized carbons (Fsp3) is 0.333. The van der Waals surface area contributed by atoms with Gasteiger partial charge in [0.25, 0.3) is 5.89 Å². The van der Waals surface area contributed by atoms with Crippen LogP contribution in [0.15, 0.2) is 28.8 Å². The Morgan fingerprint density at radius 2 is 2.06 bits per heavy atom. The van der Waals surface area contributed by atoms with Gasteiger partial charge in [0.2, 0.25) is 0 Å². The molecule has 0 saturated carbocycles. The van der Waals surface area contributed by atoms with Gasteiger partial charge in [0.15, 0.2) is 5.82 Å². The number of aromatic nitrogens is 2. The molecule has 5 heteroatoms. The Hall–Kier alpha value is -1.72. The van der Waals surface area contributed by atoms with Crippen LogP contribution in [0.25, 0.3) is 11.5 Å². The Morgan fingerprint density at radius 1 is 1.29 bits per heavy atom. The molecule has 0 aliphatic heterocycles. The van der Waals surface area contributed by atoms with E-state index in [1.807, 2.05) is 24.3 Å². The Kier molecular flexibility index (Phi) is 3.85. The van der Waals surface area contributed by atoms with E-state index in [1.165, 1.54) is 0 Å². The molecule has 0 fully saturated rings. The van der Waals surface area contributed by atoms with E-state index in [4.69, 9.17) is 15.0 Å². The van der Waals surface area contributed by atoms with Crippen molar-refractivity contribution in [2.75, 3.05) is 13.7 Å². The summed E-state index contributed by atoms with van der Waals surface area (Å²) in [4.78, 5) is 4.28. The van der Waals surface area contributed by atoms with E-state index >= 15 is 0 Å². The van der Waals surface area contributed by atoms with Crippen LogP contribution < -0.4 is 5.73 Å². The maximum Gasteiger partial charge on any atom is 0.257 e. The molecule has 0 aliphatic rings. The number of hydrogen-bond donors (Lipinski definition) is 1. The maximum atomic E-state index is 5.53. The molecule has 90 valence electrons. The molecule has 1 heterocycles.